The third-order valence-corrected chi connectivity index (χ3v) is 5.53. The minimum atomic E-state index is 0.297. The number of likely N-dealkylation sites (tertiary alicyclic amines) is 1. The van der Waals surface area contributed by atoms with Crippen molar-refractivity contribution in [3.63, 3.8) is 0 Å². The molecule has 3 rings (SSSR count). The third kappa shape index (κ3) is 2.80. The van der Waals surface area contributed by atoms with Crippen molar-refractivity contribution in [2.75, 3.05) is 19.6 Å². The van der Waals surface area contributed by atoms with Crippen LogP contribution in [0.25, 0.3) is 0 Å². The lowest BCUT2D eigenvalue weighted by Gasteiger charge is -2.41. The molecule has 3 saturated heterocycles. The van der Waals surface area contributed by atoms with Gasteiger partial charge in [0.25, 0.3) is 0 Å². The van der Waals surface area contributed by atoms with Gasteiger partial charge in [0.2, 0.25) is 0 Å². The number of fused-ring (bicyclic) bond motifs is 2. The standard InChI is InChI=1S/C16H29N3O/c1-3-19(15-10-13-4-5-14(11-15)17-13)16(20)18-8-6-12(2)7-9-18/h12-15,17H,3-11H2,1-2H3. The van der Waals surface area contributed by atoms with Gasteiger partial charge in [0.15, 0.2) is 0 Å². The van der Waals surface area contributed by atoms with Crippen LogP contribution < -0.4 is 5.32 Å². The van der Waals surface area contributed by atoms with Gasteiger partial charge in [-0.2, -0.15) is 0 Å². The molecule has 2 atom stereocenters. The Morgan fingerprint density at radius 1 is 1.15 bits per heavy atom. The molecule has 0 saturated carbocycles. The molecule has 2 amide bonds. The summed E-state index contributed by atoms with van der Waals surface area (Å²) < 4.78 is 0. The topological polar surface area (TPSA) is 35.6 Å². The fraction of sp³-hybridized carbons (Fsp3) is 0.938. The van der Waals surface area contributed by atoms with Gasteiger partial charge in [0.1, 0.15) is 0 Å². The smallest absolute Gasteiger partial charge is 0.320 e. The number of hydrogen-bond acceptors (Lipinski definition) is 2. The number of amides is 2. The monoisotopic (exact) mass is 279 g/mol. The van der Waals surface area contributed by atoms with E-state index in [0.717, 1.165) is 38.4 Å². The fourth-order valence-electron chi connectivity index (χ4n) is 4.21. The van der Waals surface area contributed by atoms with Gasteiger partial charge < -0.3 is 15.1 Å². The van der Waals surface area contributed by atoms with Gasteiger partial charge in [0, 0.05) is 37.8 Å². The van der Waals surface area contributed by atoms with Gasteiger partial charge in [-0.15, -0.1) is 0 Å². The quantitative estimate of drug-likeness (QED) is 0.843. The van der Waals surface area contributed by atoms with Gasteiger partial charge in [-0.25, -0.2) is 4.79 Å². The van der Waals surface area contributed by atoms with Gasteiger partial charge in [0.05, 0.1) is 0 Å². The Balaban J connectivity index is 1.62. The van der Waals surface area contributed by atoms with E-state index in [1.165, 1.54) is 25.7 Å². The highest BCUT2D eigenvalue weighted by Crippen LogP contribution is 2.30. The molecule has 3 heterocycles. The second-order valence-electron chi connectivity index (χ2n) is 7.00. The van der Waals surface area contributed by atoms with Crippen LogP contribution >= 0.6 is 0 Å². The summed E-state index contributed by atoms with van der Waals surface area (Å²) in [6.07, 6.45) is 7.24. The van der Waals surface area contributed by atoms with Gasteiger partial charge in [-0.3, -0.25) is 0 Å². The van der Waals surface area contributed by atoms with Crippen molar-refractivity contribution in [1.29, 1.82) is 0 Å². The molecule has 0 aromatic heterocycles. The predicted octanol–water partition coefficient (Wildman–Crippen LogP) is 2.44. The summed E-state index contributed by atoms with van der Waals surface area (Å²) in [5, 5.41) is 3.67. The van der Waals surface area contributed by atoms with Crippen molar-refractivity contribution in [3.05, 3.63) is 0 Å². The van der Waals surface area contributed by atoms with Crippen LogP contribution in [0.5, 0.6) is 0 Å². The fourth-order valence-corrected chi connectivity index (χ4v) is 4.21. The van der Waals surface area contributed by atoms with Crippen molar-refractivity contribution in [2.24, 2.45) is 5.92 Å². The minimum Gasteiger partial charge on any atom is -0.325 e. The van der Waals surface area contributed by atoms with E-state index in [-0.39, 0.29) is 0 Å². The molecule has 0 radical (unpaired) electrons. The average Bonchev–Trinajstić information content (AvgIpc) is 2.79. The minimum absolute atomic E-state index is 0.297. The number of urea groups is 1. The summed E-state index contributed by atoms with van der Waals surface area (Å²) in [7, 11) is 0. The molecule has 3 aliphatic heterocycles. The van der Waals surface area contributed by atoms with E-state index in [1.807, 2.05) is 0 Å². The molecule has 0 aliphatic carbocycles. The first-order valence-electron chi connectivity index (χ1n) is 8.49. The summed E-state index contributed by atoms with van der Waals surface area (Å²) >= 11 is 0. The summed E-state index contributed by atoms with van der Waals surface area (Å²) in [6, 6.07) is 2.07. The Labute approximate surface area is 122 Å². The first kappa shape index (κ1) is 14.2. The highest BCUT2D eigenvalue weighted by atomic mass is 16.2. The average molecular weight is 279 g/mol. The molecule has 114 valence electrons. The van der Waals surface area contributed by atoms with E-state index in [2.05, 4.69) is 29.0 Å². The molecule has 20 heavy (non-hydrogen) atoms. The number of rotatable bonds is 2. The number of carbonyl (C=O) groups is 1. The largest absolute Gasteiger partial charge is 0.325 e. The first-order valence-corrected chi connectivity index (χ1v) is 8.49. The van der Waals surface area contributed by atoms with E-state index >= 15 is 0 Å². The summed E-state index contributed by atoms with van der Waals surface area (Å²) in [5.74, 6) is 0.781. The molecule has 3 fully saturated rings. The van der Waals surface area contributed by atoms with Crippen molar-refractivity contribution >= 4 is 6.03 Å². The molecule has 2 unspecified atom stereocenters. The zero-order chi connectivity index (χ0) is 14.1. The molecular formula is C16H29N3O. The summed E-state index contributed by atoms with van der Waals surface area (Å²) in [6.45, 7) is 7.19. The van der Waals surface area contributed by atoms with Crippen LogP contribution in [-0.2, 0) is 0 Å². The van der Waals surface area contributed by atoms with Crippen molar-refractivity contribution < 1.29 is 4.79 Å². The molecule has 0 aromatic carbocycles. The zero-order valence-corrected chi connectivity index (χ0v) is 13.0. The number of carbonyl (C=O) groups excluding carboxylic acids is 1. The molecule has 4 nitrogen and oxygen atoms in total. The SMILES string of the molecule is CCN(C(=O)N1CCC(C)CC1)C1CC2CCC(C1)N2. The first-order chi connectivity index (χ1) is 9.67. The van der Waals surface area contributed by atoms with E-state index in [1.54, 1.807) is 0 Å². The lowest BCUT2D eigenvalue weighted by molar-refractivity contribution is 0.105. The van der Waals surface area contributed by atoms with Crippen LogP contribution in [-0.4, -0.2) is 53.6 Å². The van der Waals surface area contributed by atoms with E-state index in [0.29, 0.717) is 24.2 Å². The van der Waals surface area contributed by atoms with Crippen molar-refractivity contribution in [2.45, 2.75) is 70.5 Å². The normalized spacial score (nSPS) is 34.3. The second-order valence-corrected chi connectivity index (χ2v) is 7.00. The maximum absolute atomic E-state index is 12.8. The summed E-state index contributed by atoms with van der Waals surface area (Å²) in [4.78, 5) is 17.0. The highest BCUT2D eigenvalue weighted by Gasteiger charge is 2.38. The van der Waals surface area contributed by atoms with Crippen molar-refractivity contribution in [1.82, 2.24) is 15.1 Å². The maximum atomic E-state index is 12.8. The Morgan fingerprint density at radius 2 is 1.75 bits per heavy atom. The lowest BCUT2D eigenvalue weighted by atomic mass is 9.97. The molecule has 3 aliphatic rings. The highest BCUT2D eigenvalue weighted by molar-refractivity contribution is 5.75. The molecule has 2 bridgehead atoms. The number of hydrogen-bond donors (Lipinski definition) is 1. The van der Waals surface area contributed by atoms with Crippen LogP contribution in [0.4, 0.5) is 4.79 Å². The lowest BCUT2D eigenvalue weighted by Crippen LogP contribution is -2.54. The van der Waals surface area contributed by atoms with Crippen LogP contribution in [0.15, 0.2) is 0 Å². The van der Waals surface area contributed by atoms with Gasteiger partial charge in [-0.05, 0) is 51.4 Å². The van der Waals surface area contributed by atoms with E-state index in [9.17, 15) is 4.79 Å². The summed E-state index contributed by atoms with van der Waals surface area (Å²) in [5.41, 5.74) is 0. The zero-order valence-electron chi connectivity index (χ0n) is 13.0. The van der Waals surface area contributed by atoms with E-state index in [4.69, 9.17) is 0 Å². The van der Waals surface area contributed by atoms with Crippen LogP contribution in [0.3, 0.4) is 0 Å². The Bertz CT molecular complexity index is 340. The van der Waals surface area contributed by atoms with Crippen molar-refractivity contribution in [3.8, 4) is 0 Å². The van der Waals surface area contributed by atoms with Crippen LogP contribution in [0.2, 0.25) is 0 Å². The molecule has 1 N–H and O–H groups in total. The van der Waals surface area contributed by atoms with E-state index < -0.39 is 0 Å². The maximum Gasteiger partial charge on any atom is 0.320 e. The number of piperidine rings is 2. The van der Waals surface area contributed by atoms with Gasteiger partial charge in [-0.1, -0.05) is 6.92 Å². The van der Waals surface area contributed by atoms with Crippen LogP contribution in [0, 0.1) is 5.92 Å². The Kier molecular flexibility index (Phi) is 4.20. The molecular weight excluding hydrogens is 250 g/mol. The Hall–Kier alpha value is -0.770. The number of nitrogens with zero attached hydrogens (tertiary/aromatic N) is 2. The molecule has 4 heteroatoms. The van der Waals surface area contributed by atoms with Crippen LogP contribution in [0.1, 0.15) is 52.4 Å². The molecule has 0 spiro atoms. The third-order valence-electron chi connectivity index (χ3n) is 5.53. The molecule has 0 aromatic rings. The second kappa shape index (κ2) is 5.92. The predicted molar refractivity (Wildman–Crippen MR) is 80.7 cm³/mol. The van der Waals surface area contributed by atoms with Gasteiger partial charge >= 0.3 is 6.03 Å². The Morgan fingerprint density at radius 3 is 2.30 bits per heavy atom. The number of nitrogens with one attached hydrogen (secondary N) is 1.